The summed E-state index contributed by atoms with van der Waals surface area (Å²) in [4.78, 5) is 11.0. The van der Waals surface area contributed by atoms with Crippen LogP contribution in [0.4, 0.5) is 0 Å². The standard InChI is InChI=1S/C15H19N3O2/c1-2-18-14-6-4-3-5-11(14)13(17-18)9-10-7-8-12(16-10)15(19)20/h3-6,10,12,16H,2,7-9H2,1H3,(H,19,20). The van der Waals surface area contributed by atoms with Crippen LogP contribution in [-0.2, 0) is 17.8 Å². The SMILES string of the molecule is CCn1nc(CC2CCC(C(=O)O)N2)c2ccccc21. The molecule has 2 atom stereocenters. The van der Waals surface area contributed by atoms with Crippen molar-refractivity contribution in [1.29, 1.82) is 0 Å². The van der Waals surface area contributed by atoms with Gasteiger partial charge in [-0.15, -0.1) is 0 Å². The van der Waals surface area contributed by atoms with E-state index in [1.54, 1.807) is 0 Å². The van der Waals surface area contributed by atoms with Crippen LogP contribution in [0.15, 0.2) is 24.3 Å². The predicted octanol–water partition coefficient (Wildman–Crippen LogP) is 1.80. The third-order valence-electron chi connectivity index (χ3n) is 4.01. The topological polar surface area (TPSA) is 67.2 Å². The number of rotatable bonds is 4. The largest absolute Gasteiger partial charge is 0.480 e. The molecule has 2 N–H and O–H groups in total. The number of fused-ring (bicyclic) bond motifs is 1. The molecule has 0 spiro atoms. The van der Waals surface area contributed by atoms with Crippen molar-refractivity contribution in [1.82, 2.24) is 15.1 Å². The van der Waals surface area contributed by atoms with Gasteiger partial charge in [0.1, 0.15) is 6.04 Å². The molecular formula is C15H19N3O2. The molecule has 0 saturated carbocycles. The molecule has 106 valence electrons. The minimum Gasteiger partial charge on any atom is -0.480 e. The monoisotopic (exact) mass is 273 g/mol. The van der Waals surface area contributed by atoms with Gasteiger partial charge in [0, 0.05) is 24.4 Å². The minimum absolute atomic E-state index is 0.208. The third kappa shape index (κ3) is 2.29. The van der Waals surface area contributed by atoms with Crippen LogP contribution in [0.2, 0.25) is 0 Å². The van der Waals surface area contributed by atoms with Gasteiger partial charge in [-0.3, -0.25) is 9.48 Å². The van der Waals surface area contributed by atoms with Crippen LogP contribution < -0.4 is 5.32 Å². The molecule has 1 saturated heterocycles. The lowest BCUT2D eigenvalue weighted by Crippen LogP contribution is -2.36. The second-order valence-electron chi connectivity index (χ2n) is 5.32. The van der Waals surface area contributed by atoms with E-state index in [0.29, 0.717) is 6.42 Å². The van der Waals surface area contributed by atoms with Crippen molar-refractivity contribution in [3.05, 3.63) is 30.0 Å². The van der Waals surface area contributed by atoms with E-state index in [4.69, 9.17) is 5.11 Å². The Labute approximate surface area is 117 Å². The Morgan fingerprint density at radius 3 is 2.95 bits per heavy atom. The van der Waals surface area contributed by atoms with E-state index in [1.807, 2.05) is 16.8 Å². The van der Waals surface area contributed by atoms with Crippen LogP contribution in [0.1, 0.15) is 25.5 Å². The highest BCUT2D eigenvalue weighted by atomic mass is 16.4. The Hall–Kier alpha value is -1.88. The molecule has 1 aliphatic rings. The van der Waals surface area contributed by atoms with Crippen molar-refractivity contribution in [2.45, 2.75) is 44.8 Å². The molecule has 0 aliphatic carbocycles. The Balaban J connectivity index is 1.83. The number of nitrogens with one attached hydrogen (secondary N) is 1. The highest BCUT2D eigenvalue weighted by Gasteiger charge is 2.29. The quantitative estimate of drug-likeness (QED) is 0.891. The normalized spacial score (nSPS) is 22.4. The first-order valence-electron chi connectivity index (χ1n) is 7.12. The maximum absolute atomic E-state index is 11.0. The van der Waals surface area contributed by atoms with Gasteiger partial charge in [-0.05, 0) is 25.8 Å². The number of benzene rings is 1. The summed E-state index contributed by atoms with van der Waals surface area (Å²) < 4.78 is 2.01. The number of aromatic nitrogens is 2. The molecule has 5 nitrogen and oxygen atoms in total. The lowest BCUT2D eigenvalue weighted by atomic mass is 10.1. The van der Waals surface area contributed by atoms with Crippen LogP contribution in [0.3, 0.4) is 0 Å². The van der Waals surface area contributed by atoms with Gasteiger partial charge in [0.15, 0.2) is 0 Å². The van der Waals surface area contributed by atoms with E-state index in [1.165, 1.54) is 5.39 Å². The molecule has 20 heavy (non-hydrogen) atoms. The molecule has 0 radical (unpaired) electrons. The number of hydrogen-bond donors (Lipinski definition) is 2. The van der Waals surface area contributed by atoms with Gasteiger partial charge >= 0.3 is 5.97 Å². The number of hydrogen-bond acceptors (Lipinski definition) is 3. The zero-order chi connectivity index (χ0) is 14.1. The second-order valence-corrected chi connectivity index (χ2v) is 5.32. The molecule has 5 heteroatoms. The summed E-state index contributed by atoms with van der Waals surface area (Å²) in [6.45, 7) is 2.92. The average Bonchev–Trinajstić information content (AvgIpc) is 3.05. The Morgan fingerprint density at radius 1 is 1.45 bits per heavy atom. The number of carboxylic acids is 1. The van der Waals surface area contributed by atoms with Gasteiger partial charge in [0.25, 0.3) is 0 Å². The fourth-order valence-electron chi connectivity index (χ4n) is 3.00. The molecule has 1 aliphatic heterocycles. The first-order valence-corrected chi connectivity index (χ1v) is 7.12. The van der Waals surface area contributed by atoms with Crippen molar-refractivity contribution in [2.24, 2.45) is 0 Å². The summed E-state index contributed by atoms with van der Waals surface area (Å²) in [6.07, 6.45) is 2.38. The van der Waals surface area contributed by atoms with E-state index in [2.05, 4.69) is 29.5 Å². The summed E-state index contributed by atoms with van der Waals surface area (Å²) in [6, 6.07) is 8.02. The summed E-state index contributed by atoms with van der Waals surface area (Å²) in [5.41, 5.74) is 2.21. The van der Waals surface area contributed by atoms with Gasteiger partial charge in [0.05, 0.1) is 11.2 Å². The number of aryl methyl sites for hydroxylation is 1. The highest BCUT2D eigenvalue weighted by Crippen LogP contribution is 2.23. The van der Waals surface area contributed by atoms with Crippen LogP contribution in [0.25, 0.3) is 10.9 Å². The molecule has 0 bridgehead atoms. The molecular weight excluding hydrogens is 254 g/mol. The lowest BCUT2D eigenvalue weighted by Gasteiger charge is -2.10. The summed E-state index contributed by atoms with van der Waals surface area (Å²) in [5, 5.41) is 18.1. The molecule has 1 aromatic heterocycles. The molecule has 0 amide bonds. The Morgan fingerprint density at radius 2 is 2.25 bits per heavy atom. The maximum atomic E-state index is 11.0. The first kappa shape index (κ1) is 13.1. The van der Waals surface area contributed by atoms with E-state index in [0.717, 1.165) is 30.6 Å². The molecule has 2 unspecified atom stereocenters. The minimum atomic E-state index is -0.753. The summed E-state index contributed by atoms with van der Waals surface area (Å²) in [7, 11) is 0. The van der Waals surface area contributed by atoms with E-state index < -0.39 is 12.0 Å². The van der Waals surface area contributed by atoms with Crippen molar-refractivity contribution in [2.75, 3.05) is 0 Å². The van der Waals surface area contributed by atoms with Crippen molar-refractivity contribution >= 4 is 16.9 Å². The van der Waals surface area contributed by atoms with Gasteiger partial charge in [-0.1, -0.05) is 18.2 Å². The lowest BCUT2D eigenvalue weighted by molar-refractivity contribution is -0.139. The zero-order valence-corrected chi connectivity index (χ0v) is 11.5. The number of nitrogens with zero attached hydrogens (tertiary/aromatic N) is 2. The molecule has 1 fully saturated rings. The van der Waals surface area contributed by atoms with Gasteiger partial charge in [0.2, 0.25) is 0 Å². The van der Waals surface area contributed by atoms with Crippen LogP contribution in [-0.4, -0.2) is 32.9 Å². The number of carboxylic acid groups (broad SMARTS) is 1. The van der Waals surface area contributed by atoms with Crippen molar-refractivity contribution in [3.8, 4) is 0 Å². The molecule has 3 rings (SSSR count). The van der Waals surface area contributed by atoms with Crippen LogP contribution in [0.5, 0.6) is 0 Å². The van der Waals surface area contributed by atoms with Crippen LogP contribution in [0, 0.1) is 0 Å². The molecule has 2 heterocycles. The van der Waals surface area contributed by atoms with E-state index in [9.17, 15) is 4.79 Å². The van der Waals surface area contributed by atoms with E-state index in [-0.39, 0.29) is 6.04 Å². The first-order chi connectivity index (χ1) is 9.69. The third-order valence-corrected chi connectivity index (χ3v) is 4.01. The highest BCUT2D eigenvalue weighted by molar-refractivity contribution is 5.82. The summed E-state index contributed by atoms with van der Waals surface area (Å²) in [5.74, 6) is -0.753. The molecule has 2 aromatic rings. The Bertz CT molecular complexity index is 635. The zero-order valence-electron chi connectivity index (χ0n) is 11.5. The number of aliphatic carboxylic acids is 1. The fraction of sp³-hybridized carbons (Fsp3) is 0.467. The van der Waals surface area contributed by atoms with Gasteiger partial charge in [-0.25, -0.2) is 0 Å². The second kappa shape index (κ2) is 5.25. The number of para-hydroxylation sites is 1. The van der Waals surface area contributed by atoms with Crippen LogP contribution >= 0.6 is 0 Å². The smallest absolute Gasteiger partial charge is 0.320 e. The van der Waals surface area contributed by atoms with Gasteiger partial charge in [-0.2, -0.15) is 5.10 Å². The molecule has 1 aromatic carbocycles. The van der Waals surface area contributed by atoms with Crippen molar-refractivity contribution in [3.63, 3.8) is 0 Å². The predicted molar refractivity (Wildman–Crippen MR) is 76.7 cm³/mol. The summed E-state index contributed by atoms with van der Waals surface area (Å²) >= 11 is 0. The number of carbonyl (C=O) groups is 1. The van der Waals surface area contributed by atoms with E-state index >= 15 is 0 Å². The fourth-order valence-corrected chi connectivity index (χ4v) is 3.00. The maximum Gasteiger partial charge on any atom is 0.320 e. The van der Waals surface area contributed by atoms with Gasteiger partial charge < -0.3 is 10.4 Å². The Kier molecular flexibility index (Phi) is 3.44. The van der Waals surface area contributed by atoms with Crippen molar-refractivity contribution < 1.29 is 9.90 Å². The average molecular weight is 273 g/mol.